The lowest BCUT2D eigenvalue weighted by Gasteiger charge is -2.44. The number of rotatable bonds is 7. The van der Waals surface area contributed by atoms with Crippen LogP contribution in [0, 0.1) is 23.2 Å². The lowest BCUT2D eigenvalue weighted by Crippen LogP contribution is -2.38. The molecule has 0 aliphatic heterocycles. The van der Waals surface area contributed by atoms with Crippen LogP contribution < -0.4 is 0 Å². The van der Waals surface area contributed by atoms with E-state index in [2.05, 4.69) is 46.4 Å². The van der Waals surface area contributed by atoms with E-state index in [1.165, 1.54) is 32.1 Å². The minimum absolute atomic E-state index is 0.322. The standard InChI is InChI=1S/C27H44O3/c1-18(2)8-7-15-30-20(4)24-12-13-25-21(9-6-14-27(24,25)5)10-11-22-16-23(28)17-26(29)19(22)3/h10-11,18,20,23-26,28-29H,3,6-9,12-17H2,1-2,4-5H3/b21-10+,22-11-/t20-,23-,24-,25+,26+,27-/m1/s1. The van der Waals surface area contributed by atoms with Gasteiger partial charge >= 0.3 is 0 Å². The Bertz CT molecular complexity index is 661. The van der Waals surface area contributed by atoms with Gasteiger partial charge in [0.15, 0.2) is 0 Å². The fraction of sp³-hybridized carbons (Fsp3) is 0.778. The van der Waals surface area contributed by atoms with E-state index in [-0.39, 0.29) is 0 Å². The van der Waals surface area contributed by atoms with Crippen molar-refractivity contribution in [3.63, 3.8) is 0 Å². The van der Waals surface area contributed by atoms with Crippen molar-refractivity contribution in [1.29, 1.82) is 0 Å². The van der Waals surface area contributed by atoms with Crippen molar-refractivity contribution in [2.45, 2.75) is 104 Å². The zero-order valence-corrected chi connectivity index (χ0v) is 19.7. The second kappa shape index (κ2) is 10.1. The fourth-order valence-corrected chi connectivity index (χ4v) is 6.39. The molecule has 3 saturated carbocycles. The molecule has 0 heterocycles. The summed E-state index contributed by atoms with van der Waals surface area (Å²) in [6, 6.07) is 0. The fourth-order valence-electron chi connectivity index (χ4n) is 6.39. The molecule has 0 bridgehead atoms. The SMILES string of the molecule is C=C1/C(=C\C=C2/CCC[C@]3(C)[C@@H]([C@@H](C)OCCCC(C)C)CC[C@@H]23)C[C@@H](O)C[C@@H]1O. The van der Waals surface area contributed by atoms with Crippen LogP contribution in [-0.2, 0) is 4.74 Å². The van der Waals surface area contributed by atoms with Crippen molar-refractivity contribution in [2.75, 3.05) is 6.61 Å². The number of allylic oxidation sites excluding steroid dienone is 3. The molecule has 30 heavy (non-hydrogen) atoms. The first kappa shape index (κ1) is 23.8. The van der Waals surface area contributed by atoms with Crippen molar-refractivity contribution in [3.05, 3.63) is 35.5 Å². The molecular weight excluding hydrogens is 372 g/mol. The molecule has 0 aromatic heterocycles. The minimum atomic E-state index is -0.612. The highest BCUT2D eigenvalue weighted by Crippen LogP contribution is 2.58. The van der Waals surface area contributed by atoms with Gasteiger partial charge in [-0.3, -0.25) is 0 Å². The molecule has 3 rings (SSSR count). The van der Waals surface area contributed by atoms with Gasteiger partial charge in [0.1, 0.15) is 0 Å². The predicted molar refractivity (Wildman–Crippen MR) is 124 cm³/mol. The average Bonchev–Trinajstić information content (AvgIpc) is 3.04. The Balaban J connectivity index is 1.67. The van der Waals surface area contributed by atoms with Crippen LogP contribution in [0.2, 0.25) is 0 Å². The smallest absolute Gasteiger partial charge is 0.0811 e. The first-order chi connectivity index (χ1) is 14.2. The van der Waals surface area contributed by atoms with E-state index in [1.807, 2.05) is 0 Å². The van der Waals surface area contributed by atoms with E-state index in [9.17, 15) is 10.2 Å². The molecule has 0 aromatic carbocycles. The van der Waals surface area contributed by atoms with Crippen LogP contribution in [0.5, 0.6) is 0 Å². The van der Waals surface area contributed by atoms with Gasteiger partial charge in [-0.25, -0.2) is 0 Å². The molecule has 0 amide bonds. The number of hydrogen-bond donors (Lipinski definition) is 2. The lowest BCUT2D eigenvalue weighted by atomic mass is 9.62. The summed E-state index contributed by atoms with van der Waals surface area (Å²) >= 11 is 0. The summed E-state index contributed by atoms with van der Waals surface area (Å²) in [6.45, 7) is 14.3. The van der Waals surface area contributed by atoms with Gasteiger partial charge in [0.25, 0.3) is 0 Å². The highest BCUT2D eigenvalue weighted by atomic mass is 16.5. The topological polar surface area (TPSA) is 49.7 Å². The molecule has 170 valence electrons. The molecular formula is C27H44O3. The van der Waals surface area contributed by atoms with Gasteiger partial charge in [0.05, 0.1) is 18.3 Å². The molecule has 0 aromatic rings. The van der Waals surface area contributed by atoms with Gasteiger partial charge in [-0.05, 0) is 92.6 Å². The van der Waals surface area contributed by atoms with Crippen LogP contribution in [0.4, 0.5) is 0 Å². The first-order valence-corrected chi connectivity index (χ1v) is 12.3. The second-order valence-electron chi connectivity index (χ2n) is 10.8. The molecule has 3 aliphatic carbocycles. The average molecular weight is 417 g/mol. The highest BCUT2D eigenvalue weighted by molar-refractivity contribution is 5.38. The third kappa shape index (κ3) is 5.29. The third-order valence-electron chi connectivity index (χ3n) is 8.18. The quantitative estimate of drug-likeness (QED) is 0.503. The molecule has 6 atom stereocenters. The van der Waals surface area contributed by atoms with Crippen molar-refractivity contribution in [2.24, 2.45) is 23.2 Å². The summed E-state index contributed by atoms with van der Waals surface area (Å²) < 4.78 is 6.32. The summed E-state index contributed by atoms with van der Waals surface area (Å²) in [5.74, 6) is 2.01. The van der Waals surface area contributed by atoms with Gasteiger partial charge in [-0.15, -0.1) is 0 Å². The van der Waals surface area contributed by atoms with E-state index in [1.54, 1.807) is 5.57 Å². The number of ether oxygens (including phenoxy) is 1. The van der Waals surface area contributed by atoms with E-state index < -0.39 is 12.2 Å². The Morgan fingerprint density at radius 3 is 2.70 bits per heavy atom. The Hall–Kier alpha value is -0.900. The number of aliphatic hydroxyl groups excluding tert-OH is 2. The zero-order valence-electron chi connectivity index (χ0n) is 19.7. The number of hydrogen-bond acceptors (Lipinski definition) is 3. The number of fused-ring (bicyclic) bond motifs is 1. The maximum Gasteiger partial charge on any atom is 0.0811 e. The van der Waals surface area contributed by atoms with Crippen molar-refractivity contribution in [1.82, 2.24) is 0 Å². The molecule has 2 N–H and O–H groups in total. The molecule has 0 spiro atoms. The van der Waals surface area contributed by atoms with E-state index in [0.29, 0.717) is 36.2 Å². The zero-order chi connectivity index (χ0) is 21.9. The third-order valence-corrected chi connectivity index (χ3v) is 8.18. The van der Waals surface area contributed by atoms with Crippen molar-refractivity contribution >= 4 is 0 Å². The van der Waals surface area contributed by atoms with Gasteiger partial charge in [-0.2, -0.15) is 0 Å². The normalized spacial score (nSPS) is 38.4. The van der Waals surface area contributed by atoms with Gasteiger partial charge in [0, 0.05) is 13.0 Å². The molecule has 3 aliphatic rings. The monoisotopic (exact) mass is 416 g/mol. The molecule has 0 radical (unpaired) electrons. The lowest BCUT2D eigenvalue weighted by molar-refractivity contribution is -0.0265. The van der Waals surface area contributed by atoms with Crippen molar-refractivity contribution < 1.29 is 14.9 Å². The predicted octanol–water partition coefficient (Wildman–Crippen LogP) is 5.97. The van der Waals surface area contributed by atoms with Gasteiger partial charge in [-0.1, -0.05) is 45.1 Å². The largest absolute Gasteiger partial charge is 0.393 e. The maximum atomic E-state index is 10.1. The second-order valence-corrected chi connectivity index (χ2v) is 10.8. The Morgan fingerprint density at radius 1 is 1.20 bits per heavy atom. The van der Waals surface area contributed by atoms with Crippen LogP contribution in [0.3, 0.4) is 0 Å². The Labute approximate surface area is 184 Å². The summed E-state index contributed by atoms with van der Waals surface area (Å²) in [4.78, 5) is 0. The van der Waals surface area contributed by atoms with E-state index in [4.69, 9.17) is 4.74 Å². The Kier molecular flexibility index (Phi) is 8.03. The van der Waals surface area contributed by atoms with Crippen LogP contribution in [0.15, 0.2) is 35.5 Å². The Morgan fingerprint density at radius 2 is 1.97 bits per heavy atom. The van der Waals surface area contributed by atoms with Crippen molar-refractivity contribution in [3.8, 4) is 0 Å². The minimum Gasteiger partial charge on any atom is -0.393 e. The van der Waals surface area contributed by atoms with E-state index in [0.717, 1.165) is 36.5 Å². The first-order valence-electron chi connectivity index (χ1n) is 12.3. The highest BCUT2D eigenvalue weighted by Gasteiger charge is 2.51. The van der Waals surface area contributed by atoms with Crippen LogP contribution in [0.25, 0.3) is 0 Å². The maximum absolute atomic E-state index is 10.1. The van der Waals surface area contributed by atoms with Gasteiger partial charge in [0.2, 0.25) is 0 Å². The number of aliphatic hydroxyl groups is 2. The molecule has 0 saturated heterocycles. The molecule has 3 nitrogen and oxygen atoms in total. The summed E-state index contributed by atoms with van der Waals surface area (Å²) in [5.41, 5.74) is 3.66. The van der Waals surface area contributed by atoms with Crippen LogP contribution in [-0.4, -0.2) is 35.1 Å². The van der Waals surface area contributed by atoms with Crippen LogP contribution in [0.1, 0.15) is 85.5 Å². The molecule has 0 unspecified atom stereocenters. The molecule has 3 fully saturated rings. The molecule has 3 heteroatoms. The summed E-state index contributed by atoms with van der Waals surface area (Å²) in [6.07, 6.45) is 13.3. The van der Waals surface area contributed by atoms with Gasteiger partial charge < -0.3 is 14.9 Å². The van der Waals surface area contributed by atoms with E-state index >= 15 is 0 Å². The van der Waals surface area contributed by atoms with Crippen LogP contribution >= 0.6 is 0 Å². The summed E-state index contributed by atoms with van der Waals surface area (Å²) in [7, 11) is 0. The summed E-state index contributed by atoms with van der Waals surface area (Å²) in [5, 5.41) is 20.2.